The lowest BCUT2D eigenvalue weighted by atomic mass is 10.2. The third kappa shape index (κ3) is 2.80. The summed E-state index contributed by atoms with van der Waals surface area (Å²) in [7, 11) is 0. The van der Waals surface area contributed by atoms with Crippen molar-refractivity contribution in [3.8, 4) is 0 Å². The zero-order valence-electron chi connectivity index (χ0n) is 8.87. The molecule has 2 rings (SSSR count). The Balaban J connectivity index is 2.29. The molecule has 1 heterocycles. The van der Waals surface area contributed by atoms with E-state index in [1.807, 2.05) is 0 Å². The minimum atomic E-state index is -0.465. The van der Waals surface area contributed by atoms with E-state index in [0.717, 1.165) is 19.5 Å². The summed E-state index contributed by atoms with van der Waals surface area (Å²) in [5, 5.41) is 17.7. The molecule has 1 atom stereocenters. The summed E-state index contributed by atoms with van der Waals surface area (Å²) in [6.45, 7) is 1.70. The van der Waals surface area contributed by atoms with Gasteiger partial charge in [-0.25, -0.2) is 0 Å². The van der Waals surface area contributed by atoms with Gasteiger partial charge in [-0.1, -0.05) is 23.2 Å². The molecule has 0 aromatic heterocycles. The van der Waals surface area contributed by atoms with Crippen LogP contribution < -0.4 is 10.6 Å². The summed E-state index contributed by atoms with van der Waals surface area (Å²) >= 11 is 11.6. The van der Waals surface area contributed by atoms with Gasteiger partial charge in [-0.05, 0) is 19.0 Å². The van der Waals surface area contributed by atoms with E-state index < -0.39 is 4.92 Å². The van der Waals surface area contributed by atoms with Gasteiger partial charge < -0.3 is 10.6 Å². The van der Waals surface area contributed by atoms with Gasteiger partial charge in [-0.3, -0.25) is 10.1 Å². The Hall–Kier alpha value is -1.04. The first-order valence-corrected chi connectivity index (χ1v) is 5.94. The van der Waals surface area contributed by atoms with Gasteiger partial charge in [0.05, 0.1) is 15.0 Å². The van der Waals surface area contributed by atoms with Gasteiger partial charge >= 0.3 is 0 Å². The first kappa shape index (κ1) is 12.4. The zero-order chi connectivity index (χ0) is 12.4. The van der Waals surface area contributed by atoms with Crippen LogP contribution in [-0.2, 0) is 0 Å². The van der Waals surface area contributed by atoms with Crippen molar-refractivity contribution in [1.82, 2.24) is 5.32 Å². The molecule has 17 heavy (non-hydrogen) atoms. The molecule has 0 amide bonds. The first-order valence-electron chi connectivity index (χ1n) is 5.18. The van der Waals surface area contributed by atoms with Gasteiger partial charge in [-0.15, -0.1) is 0 Å². The molecule has 1 aliphatic rings. The van der Waals surface area contributed by atoms with Gasteiger partial charge in [0.1, 0.15) is 5.69 Å². The minimum Gasteiger partial charge on any atom is -0.375 e. The number of nitrogens with one attached hydrogen (secondary N) is 2. The summed E-state index contributed by atoms with van der Waals surface area (Å²) < 4.78 is 0. The molecule has 7 heteroatoms. The second kappa shape index (κ2) is 5.08. The lowest BCUT2D eigenvalue weighted by Gasteiger charge is -2.13. The normalized spacial score (nSPS) is 19.3. The number of benzene rings is 1. The largest absolute Gasteiger partial charge is 0.375 e. The number of hydrogen-bond donors (Lipinski definition) is 2. The van der Waals surface area contributed by atoms with Crippen molar-refractivity contribution in [1.29, 1.82) is 0 Å². The summed E-state index contributed by atoms with van der Waals surface area (Å²) in [5.74, 6) is 0. The highest BCUT2D eigenvalue weighted by molar-refractivity contribution is 6.42. The lowest BCUT2D eigenvalue weighted by Crippen LogP contribution is -2.22. The highest BCUT2D eigenvalue weighted by atomic mass is 35.5. The van der Waals surface area contributed by atoms with E-state index in [-0.39, 0.29) is 16.8 Å². The molecular weight excluding hydrogens is 265 g/mol. The molecule has 1 aromatic carbocycles. The van der Waals surface area contributed by atoms with E-state index in [2.05, 4.69) is 10.6 Å². The van der Waals surface area contributed by atoms with E-state index in [9.17, 15) is 10.1 Å². The number of halogens is 2. The van der Waals surface area contributed by atoms with Crippen molar-refractivity contribution >= 4 is 34.6 Å². The summed E-state index contributed by atoms with van der Waals surface area (Å²) in [6, 6.07) is 2.96. The van der Waals surface area contributed by atoms with Crippen LogP contribution in [0.15, 0.2) is 12.1 Å². The molecule has 1 aromatic rings. The standard InChI is InChI=1S/C10H11Cl2N3O2/c11-7-3-9(14-6-1-2-13-5-6)10(15(16)17)4-8(7)12/h3-4,6,13-14H,1-2,5H2. The number of anilines is 1. The highest BCUT2D eigenvalue weighted by Gasteiger charge is 2.21. The molecular formula is C10H11Cl2N3O2. The molecule has 5 nitrogen and oxygen atoms in total. The zero-order valence-corrected chi connectivity index (χ0v) is 10.4. The Morgan fingerprint density at radius 2 is 2.12 bits per heavy atom. The summed E-state index contributed by atoms with van der Waals surface area (Å²) in [6.07, 6.45) is 0.928. The van der Waals surface area contributed by atoms with Gasteiger partial charge in [0.25, 0.3) is 5.69 Å². The van der Waals surface area contributed by atoms with Crippen LogP contribution in [0.5, 0.6) is 0 Å². The molecule has 1 saturated heterocycles. The lowest BCUT2D eigenvalue weighted by molar-refractivity contribution is -0.384. The van der Waals surface area contributed by atoms with Crippen molar-refractivity contribution in [2.45, 2.75) is 12.5 Å². The SMILES string of the molecule is O=[N+]([O-])c1cc(Cl)c(Cl)cc1NC1CCNC1. The minimum absolute atomic E-state index is 0.0497. The van der Waals surface area contributed by atoms with Crippen molar-refractivity contribution in [2.24, 2.45) is 0 Å². The second-order valence-corrected chi connectivity index (χ2v) is 4.69. The smallest absolute Gasteiger partial charge is 0.293 e. The molecule has 0 spiro atoms. The topological polar surface area (TPSA) is 67.2 Å². The van der Waals surface area contributed by atoms with E-state index in [1.54, 1.807) is 0 Å². The average Bonchev–Trinajstić information content (AvgIpc) is 2.75. The van der Waals surface area contributed by atoms with Crippen LogP contribution in [0, 0.1) is 10.1 Å². The number of nitrogens with zero attached hydrogens (tertiary/aromatic N) is 1. The quantitative estimate of drug-likeness (QED) is 0.658. The molecule has 1 unspecified atom stereocenters. The summed E-state index contributed by atoms with van der Waals surface area (Å²) in [4.78, 5) is 10.4. The third-order valence-electron chi connectivity index (χ3n) is 2.66. The fourth-order valence-electron chi connectivity index (χ4n) is 1.80. The predicted molar refractivity (Wildman–Crippen MR) is 68.0 cm³/mol. The fraction of sp³-hybridized carbons (Fsp3) is 0.400. The molecule has 0 bridgehead atoms. The molecule has 1 fully saturated rings. The Labute approximate surface area is 108 Å². The summed E-state index contributed by atoms with van der Waals surface area (Å²) in [5.41, 5.74) is 0.365. The van der Waals surface area contributed by atoms with Crippen LogP contribution in [0.2, 0.25) is 10.0 Å². The Kier molecular flexibility index (Phi) is 3.71. The fourth-order valence-corrected chi connectivity index (χ4v) is 2.12. The van der Waals surface area contributed by atoms with Crippen LogP contribution in [0.25, 0.3) is 0 Å². The Morgan fingerprint density at radius 1 is 1.41 bits per heavy atom. The molecule has 0 aliphatic carbocycles. The van der Waals surface area contributed by atoms with E-state index >= 15 is 0 Å². The van der Waals surface area contributed by atoms with E-state index in [4.69, 9.17) is 23.2 Å². The molecule has 1 aliphatic heterocycles. The molecule has 92 valence electrons. The maximum atomic E-state index is 10.9. The van der Waals surface area contributed by atoms with E-state index in [0.29, 0.717) is 10.7 Å². The maximum absolute atomic E-state index is 10.9. The van der Waals surface area contributed by atoms with Crippen molar-refractivity contribution < 1.29 is 4.92 Å². The number of rotatable bonds is 3. The van der Waals surface area contributed by atoms with Crippen LogP contribution in [0.4, 0.5) is 11.4 Å². The van der Waals surface area contributed by atoms with Crippen molar-refractivity contribution in [3.63, 3.8) is 0 Å². The Bertz CT molecular complexity index is 447. The molecule has 2 N–H and O–H groups in total. The van der Waals surface area contributed by atoms with Crippen molar-refractivity contribution in [2.75, 3.05) is 18.4 Å². The first-order chi connectivity index (χ1) is 8.08. The van der Waals surface area contributed by atoms with Gasteiger partial charge in [0.15, 0.2) is 0 Å². The van der Waals surface area contributed by atoms with Crippen LogP contribution in [-0.4, -0.2) is 24.1 Å². The number of hydrogen-bond acceptors (Lipinski definition) is 4. The number of nitro groups is 1. The van der Waals surface area contributed by atoms with Crippen LogP contribution in [0.1, 0.15) is 6.42 Å². The molecule has 0 saturated carbocycles. The van der Waals surface area contributed by atoms with Crippen LogP contribution in [0.3, 0.4) is 0 Å². The van der Waals surface area contributed by atoms with E-state index in [1.165, 1.54) is 12.1 Å². The highest BCUT2D eigenvalue weighted by Crippen LogP contribution is 2.34. The van der Waals surface area contributed by atoms with Gasteiger partial charge in [0.2, 0.25) is 0 Å². The van der Waals surface area contributed by atoms with Crippen molar-refractivity contribution in [3.05, 3.63) is 32.3 Å². The molecule has 0 radical (unpaired) electrons. The number of nitro benzene ring substituents is 1. The van der Waals surface area contributed by atoms with Gasteiger partial charge in [0, 0.05) is 18.7 Å². The second-order valence-electron chi connectivity index (χ2n) is 3.87. The monoisotopic (exact) mass is 275 g/mol. The third-order valence-corrected chi connectivity index (χ3v) is 3.38. The maximum Gasteiger partial charge on any atom is 0.293 e. The average molecular weight is 276 g/mol. The van der Waals surface area contributed by atoms with Crippen LogP contribution >= 0.6 is 23.2 Å². The van der Waals surface area contributed by atoms with Gasteiger partial charge in [-0.2, -0.15) is 0 Å². The Morgan fingerprint density at radius 3 is 2.71 bits per heavy atom. The predicted octanol–water partition coefficient (Wildman–Crippen LogP) is 2.68.